The Balaban J connectivity index is 5.36. The molecule has 0 heterocycles. The van der Waals surface area contributed by atoms with Crippen molar-refractivity contribution in [2.75, 3.05) is 0 Å². The van der Waals surface area contributed by atoms with E-state index < -0.39 is 29.7 Å². The van der Waals surface area contributed by atoms with Crippen molar-refractivity contribution in [2.24, 2.45) is 0 Å². The third kappa shape index (κ3) is 2.86. The predicted octanol–water partition coefficient (Wildman–Crippen LogP) is 2.40. The molecular formula is C7H2F7NO2. The molecule has 0 aliphatic heterocycles. The second-order valence-corrected chi connectivity index (χ2v) is 2.57. The molecule has 0 aromatic carbocycles. The van der Waals surface area contributed by atoms with E-state index in [1.165, 1.54) is 0 Å². The predicted molar refractivity (Wildman–Crippen MR) is 36.8 cm³/mol. The maximum atomic E-state index is 12.7. The molecule has 0 amide bonds. The van der Waals surface area contributed by atoms with Crippen LogP contribution in [0.4, 0.5) is 30.7 Å². The Labute approximate surface area is 89.1 Å². The van der Waals surface area contributed by atoms with Gasteiger partial charge in [0.2, 0.25) is 0 Å². The normalized spacial score (nSPS) is 12.8. The first-order valence-corrected chi connectivity index (χ1v) is 3.51. The van der Waals surface area contributed by atoms with Gasteiger partial charge in [0.1, 0.15) is 11.6 Å². The van der Waals surface area contributed by atoms with Crippen molar-refractivity contribution < 1.29 is 40.3 Å². The van der Waals surface area contributed by atoms with E-state index in [0.717, 1.165) is 6.07 Å². The highest BCUT2D eigenvalue weighted by atomic mass is 19.4. The molecule has 0 aliphatic rings. The number of esters is 1. The molecule has 0 bridgehead atoms. The van der Waals surface area contributed by atoms with Crippen LogP contribution in [0.3, 0.4) is 0 Å². The summed E-state index contributed by atoms with van der Waals surface area (Å²) >= 11 is 0. The molecule has 0 unspecified atom stereocenters. The summed E-state index contributed by atoms with van der Waals surface area (Å²) in [6.07, 6.45) is -13.1. The van der Waals surface area contributed by atoms with Crippen molar-refractivity contribution in [3.63, 3.8) is 0 Å². The van der Waals surface area contributed by atoms with Gasteiger partial charge in [0.15, 0.2) is 0 Å². The number of hydrogen-bond donors (Lipinski definition) is 0. The molecule has 0 saturated heterocycles. The summed E-state index contributed by atoms with van der Waals surface area (Å²) in [5, 5.41) is 7.97. The summed E-state index contributed by atoms with van der Waals surface area (Å²) in [7, 11) is 0. The molecule has 96 valence electrons. The molecule has 0 aromatic rings. The minimum Gasteiger partial charge on any atom is -0.408 e. The van der Waals surface area contributed by atoms with Gasteiger partial charge >= 0.3 is 24.2 Å². The smallest absolute Gasteiger partial charge is 0.408 e. The number of alkyl halides is 7. The van der Waals surface area contributed by atoms with E-state index in [4.69, 9.17) is 5.26 Å². The van der Waals surface area contributed by atoms with E-state index in [1.807, 2.05) is 0 Å². The molecule has 0 rings (SSSR count). The highest BCUT2D eigenvalue weighted by Gasteiger charge is 2.76. The van der Waals surface area contributed by atoms with Crippen molar-refractivity contribution in [3.8, 4) is 6.07 Å². The molecule has 0 fully saturated rings. The SMILES string of the molecule is C=C(C#N)C(=O)OC(F)(C(F)(F)F)C(F)(F)F. The lowest BCUT2D eigenvalue weighted by Crippen LogP contribution is -2.56. The van der Waals surface area contributed by atoms with E-state index in [0.29, 0.717) is 0 Å². The molecule has 10 heteroatoms. The number of rotatable bonds is 2. The van der Waals surface area contributed by atoms with Crippen LogP contribution in [0.1, 0.15) is 0 Å². The summed E-state index contributed by atoms with van der Waals surface area (Å²) in [5.41, 5.74) is -1.40. The van der Waals surface area contributed by atoms with Crippen molar-refractivity contribution in [1.82, 2.24) is 0 Å². The second-order valence-electron chi connectivity index (χ2n) is 2.57. The van der Waals surface area contributed by atoms with Gasteiger partial charge in [-0.15, -0.1) is 0 Å². The summed E-state index contributed by atoms with van der Waals surface area (Å²) in [6.45, 7) is 2.48. The fourth-order valence-corrected chi connectivity index (χ4v) is 0.511. The van der Waals surface area contributed by atoms with Gasteiger partial charge in [-0.1, -0.05) is 6.58 Å². The first kappa shape index (κ1) is 15.2. The highest BCUT2D eigenvalue weighted by molar-refractivity contribution is 5.92. The van der Waals surface area contributed by atoms with E-state index in [-0.39, 0.29) is 0 Å². The Bertz CT molecular complexity index is 361. The van der Waals surface area contributed by atoms with Crippen LogP contribution in [-0.2, 0) is 9.53 Å². The Morgan fingerprint density at radius 1 is 1.06 bits per heavy atom. The van der Waals surface area contributed by atoms with Gasteiger partial charge in [-0.3, -0.25) is 0 Å². The van der Waals surface area contributed by atoms with E-state index >= 15 is 0 Å². The van der Waals surface area contributed by atoms with Crippen LogP contribution in [0, 0.1) is 11.3 Å². The first-order chi connectivity index (χ1) is 7.37. The number of ether oxygens (including phenoxy) is 1. The van der Waals surface area contributed by atoms with Crippen LogP contribution in [-0.4, -0.2) is 24.2 Å². The van der Waals surface area contributed by atoms with Crippen molar-refractivity contribution in [3.05, 3.63) is 12.2 Å². The summed E-state index contributed by atoms with van der Waals surface area (Å²) in [6, 6.07) is 0.820. The molecule has 0 aromatic heterocycles. The zero-order chi connectivity index (χ0) is 14.1. The molecule has 0 radical (unpaired) electrons. The Hall–Kier alpha value is -1.79. The highest BCUT2D eigenvalue weighted by Crippen LogP contribution is 2.47. The van der Waals surface area contributed by atoms with E-state index in [1.54, 1.807) is 0 Å². The van der Waals surface area contributed by atoms with Gasteiger partial charge in [0.25, 0.3) is 0 Å². The monoisotopic (exact) mass is 265 g/mol. The molecule has 3 nitrogen and oxygen atoms in total. The Morgan fingerprint density at radius 3 is 1.65 bits per heavy atom. The first-order valence-electron chi connectivity index (χ1n) is 3.51. The van der Waals surface area contributed by atoms with Gasteiger partial charge in [0.05, 0.1) is 0 Å². The van der Waals surface area contributed by atoms with Gasteiger partial charge in [-0.25, -0.2) is 4.79 Å². The topological polar surface area (TPSA) is 50.1 Å². The molecule has 17 heavy (non-hydrogen) atoms. The van der Waals surface area contributed by atoms with Gasteiger partial charge < -0.3 is 4.74 Å². The third-order valence-electron chi connectivity index (χ3n) is 1.34. The molecule has 0 atom stereocenters. The van der Waals surface area contributed by atoms with Crippen LogP contribution in [0.2, 0.25) is 0 Å². The largest absolute Gasteiger partial charge is 0.470 e. The molecule has 0 saturated carbocycles. The fraction of sp³-hybridized carbons (Fsp3) is 0.429. The van der Waals surface area contributed by atoms with Crippen LogP contribution >= 0.6 is 0 Å². The van der Waals surface area contributed by atoms with Crippen molar-refractivity contribution >= 4 is 5.97 Å². The molecule has 0 spiro atoms. The van der Waals surface area contributed by atoms with Gasteiger partial charge in [-0.05, 0) is 0 Å². The Kier molecular flexibility index (Phi) is 3.79. The minimum atomic E-state index is -6.53. The zero-order valence-electron chi connectivity index (χ0n) is 7.62. The number of carbonyl (C=O) groups is 1. The summed E-state index contributed by atoms with van der Waals surface area (Å²) in [4.78, 5) is 10.5. The number of nitriles is 1. The summed E-state index contributed by atoms with van der Waals surface area (Å²) < 4.78 is 86.4. The fourth-order valence-electron chi connectivity index (χ4n) is 0.511. The van der Waals surface area contributed by atoms with Crippen LogP contribution in [0.25, 0.3) is 0 Å². The van der Waals surface area contributed by atoms with Gasteiger partial charge in [-0.2, -0.15) is 36.0 Å². The molecular weight excluding hydrogens is 263 g/mol. The lowest BCUT2D eigenvalue weighted by atomic mass is 10.2. The summed E-state index contributed by atoms with van der Waals surface area (Å²) in [5.74, 6) is -8.64. The minimum absolute atomic E-state index is 0.820. The van der Waals surface area contributed by atoms with Crippen molar-refractivity contribution in [1.29, 1.82) is 5.26 Å². The zero-order valence-corrected chi connectivity index (χ0v) is 7.62. The number of halogens is 7. The standard InChI is InChI=1S/C7H2F7NO2/c1-3(2-15)4(16)17-5(8,6(9,10)11)7(12,13)14/h1H2. The van der Waals surface area contributed by atoms with E-state index in [9.17, 15) is 35.5 Å². The number of hydrogen-bond acceptors (Lipinski definition) is 3. The third-order valence-corrected chi connectivity index (χ3v) is 1.34. The second kappa shape index (κ2) is 4.23. The maximum Gasteiger partial charge on any atom is 0.470 e. The quantitative estimate of drug-likeness (QED) is 0.333. The number of nitrogens with zero attached hydrogens (tertiary/aromatic N) is 1. The average molecular weight is 265 g/mol. The van der Waals surface area contributed by atoms with E-state index in [2.05, 4.69) is 11.3 Å². The van der Waals surface area contributed by atoms with Gasteiger partial charge in [0, 0.05) is 0 Å². The van der Waals surface area contributed by atoms with Crippen LogP contribution in [0.15, 0.2) is 12.2 Å². The molecule has 0 aliphatic carbocycles. The number of carbonyl (C=O) groups excluding carboxylic acids is 1. The average Bonchev–Trinajstić information content (AvgIpc) is 2.12. The lowest BCUT2D eigenvalue weighted by molar-refractivity contribution is -0.416. The lowest BCUT2D eigenvalue weighted by Gasteiger charge is -2.28. The maximum absolute atomic E-state index is 12.7. The van der Waals surface area contributed by atoms with Crippen molar-refractivity contribution in [2.45, 2.75) is 18.2 Å². The molecule has 0 N–H and O–H groups in total. The Morgan fingerprint density at radius 2 is 1.41 bits per heavy atom. The van der Waals surface area contributed by atoms with Crippen LogP contribution < -0.4 is 0 Å². The van der Waals surface area contributed by atoms with Crippen LogP contribution in [0.5, 0.6) is 0 Å².